The van der Waals surface area contributed by atoms with Gasteiger partial charge in [0.25, 0.3) is 0 Å². The number of aryl methyl sites for hydroxylation is 3. The Hall–Kier alpha value is -2.44. The maximum Gasteiger partial charge on any atom is -1.00 e. The van der Waals surface area contributed by atoms with Crippen LogP contribution in [-0.4, -0.2) is 3.21 Å². The molecule has 5 aromatic rings. The third-order valence-corrected chi connectivity index (χ3v) is 10.8. The molecule has 0 N–H and O–H groups in total. The normalized spacial score (nSPS) is 11.8. The van der Waals surface area contributed by atoms with Crippen LogP contribution in [0.4, 0.5) is 0 Å². The van der Waals surface area contributed by atoms with Crippen LogP contribution < -0.4 is 24.8 Å². The summed E-state index contributed by atoms with van der Waals surface area (Å²) in [7, 11) is 0. The molecule has 0 saturated carbocycles. The van der Waals surface area contributed by atoms with Crippen molar-refractivity contribution in [1.29, 1.82) is 0 Å². The van der Waals surface area contributed by atoms with E-state index >= 15 is 0 Å². The van der Waals surface area contributed by atoms with Crippen molar-refractivity contribution in [2.75, 3.05) is 0 Å². The maximum absolute atomic E-state index is 3.53. The second-order valence-corrected chi connectivity index (χ2v) is 18.2. The third kappa shape index (κ3) is 12.3. The molecule has 0 saturated heterocycles. The van der Waals surface area contributed by atoms with Gasteiger partial charge in [-0.05, 0) is 17.4 Å². The molecular formula is C48H58Cl2Zr-2. The fourth-order valence-electron chi connectivity index (χ4n) is 6.00. The number of halogens is 2. The molecule has 6 rings (SSSR count). The van der Waals surface area contributed by atoms with Crippen LogP contribution in [0.3, 0.4) is 0 Å². The largest absolute Gasteiger partial charge is 1.00 e. The van der Waals surface area contributed by atoms with Gasteiger partial charge in [0.05, 0.1) is 0 Å². The van der Waals surface area contributed by atoms with Crippen LogP contribution in [0, 0.1) is 19.9 Å². The molecule has 3 heteroatoms. The molecule has 0 radical (unpaired) electrons. The molecule has 0 heterocycles. The van der Waals surface area contributed by atoms with E-state index < -0.39 is 0 Å². The Bertz CT molecular complexity index is 1740. The van der Waals surface area contributed by atoms with Gasteiger partial charge in [-0.25, -0.2) is 6.07 Å². The Balaban J connectivity index is 0.000000270. The van der Waals surface area contributed by atoms with E-state index in [0.29, 0.717) is 5.41 Å². The Morgan fingerprint density at radius 1 is 0.647 bits per heavy atom. The molecule has 0 atom stereocenters. The second-order valence-electron chi connectivity index (χ2n) is 16.9. The molecule has 0 unspecified atom stereocenters. The summed E-state index contributed by atoms with van der Waals surface area (Å²) in [6, 6.07) is 39.4. The molecule has 51 heavy (non-hydrogen) atoms. The first kappa shape index (κ1) is 44.7. The maximum atomic E-state index is 3.53. The van der Waals surface area contributed by atoms with Crippen LogP contribution in [0.5, 0.6) is 0 Å². The summed E-state index contributed by atoms with van der Waals surface area (Å²) in [6.45, 7) is 26.9. The first-order chi connectivity index (χ1) is 22.9. The molecule has 0 aliphatic heterocycles. The van der Waals surface area contributed by atoms with Gasteiger partial charge < -0.3 is 24.8 Å². The zero-order valence-corrected chi connectivity index (χ0v) is 37.1. The monoisotopic (exact) mass is 794 g/mol. The minimum Gasteiger partial charge on any atom is -1.00 e. The standard InChI is InChI=1S/C21H25.C15H14.C12H19.2ClH.Zr/c1-20(2,3)16-9-7-14-11-15-8-10-17(21(4,5)6)13-19(15)18(14)12-16;1-12-3-7-14(8-4-12)11-15-9-5-13(2)6-10-15;1-5-6-10-7-8-11(9-10)12(2,3)4;;;/h7,9-10,12-13H,11H2,1-6H3;3-10H,1-2H3;7-9H,5-6H2,1-4H3;2*1H;/q-1;;-1;;;+2/p-2. The first-order valence-electron chi connectivity index (χ1n) is 18.0. The van der Waals surface area contributed by atoms with E-state index in [0.717, 1.165) is 6.42 Å². The molecule has 0 aromatic heterocycles. The van der Waals surface area contributed by atoms with E-state index in [9.17, 15) is 0 Å². The predicted molar refractivity (Wildman–Crippen MR) is 211 cm³/mol. The van der Waals surface area contributed by atoms with Crippen molar-refractivity contribution >= 4 is 3.21 Å². The van der Waals surface area contributed by atoms with Gasteiger partial charge in [0.1, 0.15) is 0 Å². The molecule has 1 aliphatic carbocycles. The van der Waals surface area contributed by atoms with E-state index in [-0.39, 0.29) is 35.6 Å². The Kier molecular flexibility index (Phi) is 16.3. The SMILES string of the molecule is CC(C)(C)c1c[c-]c2c(c1)-c1cc(C(C)(C)C)ccc1C2.CCCc1cc(C(C)(C)C)c[cH-]1.Cc1ccc([C](=[Zr+2])c2ccc(C)cc2)cc1.[Cl-].[Cl-]. The fourth-order valence-corrected chi connectivity index (χ4v) is 6.81. The number of benzene rings is 4. The summed E-state index contributed by atoms with van der Waals surface area (Å²) in [4.78, 5) is 0. The summed E-state index contributed by atoms with van der Waals surface area (Å²) >= 11 is 1.46. The summed E-state index contributed by atoms with van der Waals surface area (Å²) < 4.78 is 1.42. The molecule has 0 bridgehead atoms. The Morgan fingerprint density at radius 3 is 1.59 bits per heavy atom. The van der Waals surface area contributed by atoms with Gasteiger partial charge in [0.2, 0.25) is 0 Å². The van der Waals surface area contributed by atoms with Crippen LogP contribution in [-0.2, 0) is 53.3 Å². The third-order valence-electron chi connectivity index (χ3n) is 9.43. The number of hydrogen-bond donors (Lipinski definition) is 0. The zero-order valence-electron chi connectivity index (χ0n) is 33.1. The second kappa shape index (κ2) is 18.5. The Labute approximate surface area is 338 Å². The van der Waals surface area contributed by atoms with E-state index in [4.69, 9.17) is 0 Å². The first-order valence-corrected chi connectivity index (χ1v) is 19.3. The van der Waals surface area contributed by atoms with Gasteiger partial charge in [-0.2, -0.15) is 52.6 Å². The number of hydrogen-bond acceptors (Lipinski definition) is 0. The van der Waals surface area contributed by atoms with Gasteiger partial charge in [0.15, 0.2) is 0 Å². The van der Waals surface area contributed by atoms with Gasteiger partial charge >= 0.3 is 112 Å². The average molecular weight is 797 g/mol. The van der Waals surface area contributed by atoms with E-state index in [1.165, 1.54) is 107 Å². The molecule has 5 aromatic carbocycles. The van der Waals surface area contributed by atoms with Gasteiger partial charge in [-0.1, -0.05) is 122 Å². The summed E-state index contributed by atoms with van der Waals surface area (Å²) in [5.41, 5.74) is 17.3. The smallest absolute Gasteiger partial charge is 1.00 e. The number of fused-ring (bicyclic) bond motifs is 3. The van der Waals surface area contributed by atoms with Crippen LogP contribution in [0.1, 0.15) is 131 Å². The van der Waals surface area contributed by atoms with Crippen LogP contribution in [0.2, 0.25) is 0 Å². The molecule has 0 amide bonds. The van der Waals surface area contributed by atoms with Crippen molar-refractivity contribution in [2.24, 2.45) is 0 Å². The van der Waals surface area contributed by atoms with Crippen molar-refractivity contribution in [2.45, 2.75) is 119 Å². The Morgan fingerprint density at radius 2 is 1.14 bits per heavy atom. The van der Waals surface area contributed by atoms with Gasteiger partial charge in [-0.3, -0.25) is 0 Å². The fraction of sp³-hybridized carbons (Fsp3) is 0.375. The zero-order chi connectivity index (χ0) is 36.1. The minimum absolute atomic E-state index is 0. The van der Waals surface area contributed by atoms with Crippen LogP contribution in [0.15, 0.2) is 97.1 Å². The van der Waals surface area contributed by atoms with Crippen LogP contribution >= 0.6 is 0 Å². The molecule has 1 aliphatic rings. The topological polar surface area (TPSA) is 0 Å². The summed E-state index contributed by atoms with van der Waals surface area (Å²) in [6.07, 6.45) is 3.49. The quantitative estimate of drug-likeness (QED) is 0.174. The van der Waals surface area contributed by atoms with Crippen molar-refractivity contribution in [3.05, 3.63) is 159 Å². The van der Waals surface area contributed by atoms with Crippen molar-refractivity contribution in [3.8, 4) is 11.1 Å². The average Bonchev–Trinajstić information content (AvgIpc) is 3.66. The van der Waals surface area contributed by atoms with E-state index in [1.54, 1.807) is 0 Å². The summed E-state index contributed by atoms with van der Waals surface area (Å²) in [5.74, 6) is 0. The molecule has 0 spiro atoms. The van der Waals surface area contributed by atoms with Crippen molar-refractivity contribution in [1.82, 2.24) is 0 Å². The van der Waals surface area contributed by atoms with Gasteiger partial charge in [-0.15, -0.1) is 5.56 Å². The van der Waals surface area contributed by atoms with Crippen molar-refractivity contribution < 1.29 is 49.0 Å². The molecular weight excluding hydrogens is 739 g/mol. The van der Waals surface area contributed by atoms with Crippen LogP contribution in [0.25, 0.3) is 11.1 Å². The molecule has 270 valence electrons. The van der Waals surface area contributed by atoms with Gasteiger partial charge in [0, 0.05) is 0 Å². The molecule has 0 nitrogen and oxygen atoms in total. The van der Waals surface area contributed by atoms with E-state index in [2.05, 4.69) is 186 Å². The number of rotatable bonds is 4. The van der Waals surface area contributed by atoms with Crippen molar-refractivity contribution in [3.63, 3.8) is 0 Å². The minimum atomic E-state index is 0. The summed E-state index contributed by atoms with van der Waals surface area (Å²) in [5, 5.41) is 0. The predicted octanol–water partition coefficient (Wildman–Crippen LogP) is 6.74. The molecule has 0 fully saturated rings. The van der Waals surface area contributed by atoms with E-state index in [1.807, 2.05) is 0 Å².